The topological polar surface area (TPSA) is 86.4 Å². The number of halogens is 3. The van der Waals surface area contributed by atoms with E-state index in [-0.39, 0.29) is 25.1 Å². The van der Waals surface area contributed by atoms with E-state index in [4.69, 9.17) is 0 Å². The third kappa shape index (κ3) is 3.71. The molecule has 3 heterocycles. The molecule has 1 amide bonds. The van der Waals surface area contributed by atoms with Gasteiger partial charge in [0, 0.05) is 18.7 Å². The van der Waals surface area contributed by atoms with E-state index in [1.807, 2.05) is 0 Å². The summed E-state index contributed by atoms with van der Waals surface area (Å²) in [4.78, 5) is 13.2. The minimum Gasteiger partial charge on any atom is -0.337 e. The number of aromatic nitrogens is 2. The molecule has 2 aromatic rings. The summed E-state index contributed by atoms with van der Waals surface area (Å²) < 4.78 is 65.6. The highest BCUT2D eigenvalue weighted by Gasteiger charge is 2.40. The number of carbonyl (C=O) groups excluding carboxylic acids is 1. The Kier molecular flexibility index (Phi) is 5.13. The maximum absolute atomic E-state index is 13.5. The van der Waals surface area contributed by atoms with E-state index >= 15 is 0 Å². The summed E-state index contributed by atoms with van der Waals surface area (Å²) in [5, 5.41) is 7.15. The molecule has 2 unspecified atom stereocenters. The van der Waals surface area contributed by atoms with Gasteiger partial charge >= 0.3 is 6.18 Å². The van der Waals surface area contributed by atoms with Gasteiger partial charge in [-0.05, 0) is 30.4 Å². The largest absolute Gasteiger partial charge is 0.416 e. The van der Waals surface area contributed by atoms with Crippen LogP contribution in [-0.4, -0.2) is 47.0 Å². The number of nitrogens with zero attached hydrogens (tertiary/aromatic N) is 3. The van der Waals surface area contributed by atoms with Crippen molar-refractivity contribution >= 4 is 16.4 Å². The lowest BCUT2D eigenvalue weighted by molar-refractivity contribution is -0.138. The number of rotatable bonds is 4. The highest BCUT2D eigenvalue weighted by molar-refractivity contribution is 7.88. The molecule has 11 heteroatoms. The number of amides is 1. The molecule has 2 atom stereocenters. The summed E-state index contributed by atoms with van der Waals surface area (Å²) in [5.41, 5.74) is 1.42. The van der Waals surface area contributed by atoms with Crippen molar-refractivity contribution in [2.24, 2.45) is 0 Å². The average molecular weight is 442 g/mol. The molecule has 162 valence electrons. The van der Waals surface area contributed by atoms with Crippen LogP contribution in [0.3, 0.4) is 0 Å². The highest BCUT2D eigenvalue weighted by Crippen LogP contribution is 2.44. The molecule has 0 aliphatic carbocycles. The first-order chi connectivity index (χ1) is 14.1. The third-order valence-electron chi connectivity index (χ3n) is 5.92. The quantitative estimate of drug-likeness (QED) is 0.738. The van der Waals surface area contributed by atoms with E-state index in [9.17, 15) is 26.4 Å². The van der Waals surface area contributed by atoms with Crippen LogP contribution in [0.2, 0.25) is 0 Å². The van der Waals surface area contributed by atoms with Crippen LogP contribution in [0.1, 0.15) is 52.9 Å². The Balaban J connectivity index is 1.67. The summed E-state index contributed by atoms with van der Waals surface area (Å²) >= 11 is 0. The van der Waals surface area contributed by atoms with Gasteiger partial charge in [0.25, 0.3) is 0 Å². The number of hydrogen-bond acceptors (Lipinski definition) is 4. The van der Waals surface area contributed by atoms with Crippen LogP contribution in [-0.2, 0) is 34.1 Å². The number of piperidine rings is 1. The second kappa shape index (κ2) is 7.38. The van der Waals surface area contributed by atoms with E-state index in [0.29, 0.717) is 36.3 Å². The van der Waals surface area contributed by atoms with Crippen LogP contribution in [0.4, 0.5) is 13.2 Å². The molecular weight excluding hydrogens is 421 g/mol. The molecule has 0 saturated carbocycles. The Labute approximate surface area is 171 Å². The molecule has 30 heavy (non-hydrogen) atoms. The number of aromatic amines is 1. The number of fused-ring (bicyclic) bond motifs is 1. The number of carbonyl (C=O) groups is 1. The Morgan fingerprint density at radius 1 is 1.23 bits per heavy atom. The van der Waals surface area contributed by atoms with Gasteiger partial charge in [-0.1, -0.05) is 18.2 Å². The Morgan fingerprint density at radius 3 is 2.63 bits per heavy atom. The van der Waals surface area contributed by atoms with Crippen LogP contribution < -0.4 is 0 Å². The zero-order valence-electron chi connectivity index (χ0n) is 16.2. The molecular formula is C19H21F3N4O3S. The van der Waals surface area contributed by atoms with Crippen LogP contribution in [0.5, 0.6) is 0 Å². The minimum atomic E-state index is -4.46. The van der Waals surface area contributed by atoms with Crippen LogP contribution >= 0.6 is 0 Å². The first-order valence-electron chi connectivity index (χ1n) is 9.48. The fourth-order valence-electron chi connectivity index (χ4n) is 4.42. The number of benzene rings is 1. The average Bonchev–Trinajstić information content (AvgIpc) is 3.27. The van der Waals surface area contributed by atoms with Gasteiger partial charge in [-0.2, -0.15) is 22.6 Å². The molecule has 2 aliphatic rings. The SMILES string of the molecule is CS(=O)(=O)N1Cc2[nH]nc(C3CC(c4ccccc4C(F)(F)F)CCN3C=O)c2C1. The Morgan fingerprint density at radius 2 is 1.97 bits per heavy atom. The summed E-state index contributed by atoms with van der Waals surface area (Å²) in [6, 6.07) is 4.99. The number of nitrogens with one attached hydrogen (secondary N) is 1. The standard InChI is InChI=1S/C19H21F3N4O3S/c1-30(28,29)26-9-14-16(10-26)23-24-18(14)17-8-12(6-7-25(17)11-27)13-4-2-3-5-15(13)19(20,21)22/h2-5,11-12,17H,6-10H2,1H3,(H,23,24). The number of sulfonamides is 1. The van der Waals surface area contributed by atoms with Crippen molar-refractivity contribution in [2.75, 3.05) is 12.8 Å². The van der Waals surface area contributed by atoms with Gasteiger partial charge in [-0.25, -0.2) is 8.42 Å². The lowest BCUT2D eigenvalue weighted by Crippen LogP contribution is -2.36. The van der Waals surface area contributed by atoms with Crippen molar-refractivity contribution in [3.05, 3.63) is 52.3 Å². The van der Waals surface area contributed by atoms with Crippen LogP contribution in [0.15, 0.2) is 24.3 Å². The molecule has 0 bridgehead atoms. The summed E-state index contributed by atoms with van der Waals surface area (Å²) in [5.74, 6) is -0.399. The van der Waals surface area contributed by atoms with Crippen molar-refractivity contribution in [2.45, 2.75) is 44.1 Å². The Hall–Kier alpha value is -2.40. The predicted octanol–water partition coefficient (Wildman–Crippen LogP) is 2.78. The maximum Gasteiger partial charge on any atom is 0.416 e. The smallest absolute Gasteiger partial charge is 0.337 e. The minimum absolute atomic E-state index is 0.132. The number of alkyl halides is 3. The zero-order valence-corrected chi connectivity index (χ0v) is 17.0. The van der Waals surface area contributed by atoms with Crippen molar-refractivity contribution in [1.82, 2.24) is 19.4 Å². The van der Waals surface area contributed by atoms with Gasteiger partial charge in [-0.15, -0.1) is 0 Å². The fourth-order valence-corrected chi connectivity index (χ4v) is 5.14. The highest BCUT2D eigenvalue weighted by atomic mass is 32.2. The van der Waals surface area contributed by atoms with Gasteiger partial charge in [-0.3, -0.25) is 9.89 Å². The second-order valence-electron chi connectivity index (χ2n) is 7.76. The first-order valence-corrected chi connectivity index (χ1v) is 11.3. The number of H-pyrrole nitrogens is 1. The molecule has 1 aromatic carbocycles. The molecule has 2 aliphatic heterocycles. The predicted molar refractivity (Wildman–Crippen MR) is 102 cm³/mol. The maximum atomic E-state index is 13.5. The lowest BCUT2D eigenvalue weighted by atomic mass is 9.81. The normalized spacial score (nSPS) is 22.9. The summed E-state index contributed by atoms with van der Waals surface area (Å²) in [7, 11) is -3.41. The van der Waals surface area contributed by atoms with E-state index < -0.39 is 33.7 Å². The van der Waals surface area contributed by atoms with Crippen LogP contribution in [0, 0.1) is 0 Å². The molecule has 7 nitrogen and oxygen atoms in total. The van der Waals surface area contributed by atoms with Gasteiger partial charge in [0.05, 0.1) is 35.8 Å². The van der Waals surface area contributed by atoms with E-state index in [1.165, 1.54) is 21.3 Å². The van der Waals surface area contributed by atoms with Gasteiger partial charge in [0.2, 0.25) is 16.4 Å². The lowest BCUT2D eigenvalue weighted by Gasteiger charge is -2.37. The fraction of sp³-hybridized carbons (Fsp3) is 0.474. The van der Waals surface area contributed by atoms with E-state index in [0.717, 1.165) is 12.3 Å². The van der Waals surface area contributed by atoms with Crippen LogP contribution in [0.25, 0.3) is 0 Å². The molecule has 1 saturated heterocycles. The summed E-state index contributed by atoms with van der Waals surface area (Å²) in [6.07, 6.45) is -1.97. The third-order valence-corrected chi connectivity index (χ3v) is 7.12. The second-order valence-corrected chi connectivity index (χ2v) is 9.74. The Bertz CT molecular complexity index is 1070. The molecule has 0 radical (unpaired) electrons. The van der Waals surface area contributed by atoms with Crippen molar-refractivity contribution in [1.29, 1.82) is 0 Å². The van der Waals surface area contributed by atoms with Gasteiger partial charge < -0.3 is 4.90 Å². The number of hydrogen-bond donors (Lipinski definition) is 1. The molecule has 1 N–H and O–H groups in total. The van der Waals surface area contributed by atoms with E-state index in [2.05, 4.69) is 10.2 Å². The summed E-state index contributed by atoms with van der Waals surface area (Å²) in [6.45, 7) is 0.588. The molecule has 0 spiro atoms. The molecule has 1 aromatic heterocycles. The van der Waals surface area contributed by atoms with E-state index in [1.54, 1.807) is 6.07 Å². The van der Waals surface area contributed by atoms with Gasteiger partial charge in [0.1, 0.15) is 0 Å². The first kappa shape index (κ1) is 20.9. The molecule has 4 rings (SSSR count). The van der Waals surface area contributed by atoms with Crippen molar-refractivity contribution in [3.63, 3.8) is 0 Å². The van der Waals surface area contributed by atoms with Crippen molar-refractivity contribution in [3.8, 4) is 0 Å². The zero-order chi connectivity index (χ0) is 21.7. The number of likely N-dealkylation sites (tertiary alicyclic amines) is 1. The van der Waals surface area contributed by atoms with Crippen molar-refractivity contribution < 1.29 is 26.4 Å². The molecule has 1 fully saturated rings. The van der Waals surface area contributed by atoms with Gasteiger partial charge in [0.15, 0.2) is 0 Å². The monoisotopic (exact) mass is 442 g/mol.